The van der Waals surface area contributed by atoms with E-state index in [0.717, 1.165) is 15.7 Å². The maximum atomic E-state index is 15.6. The molecule has 0 N–H and O–H groups in total. The summed E-state index contributed by atoms with van der Waals surface area (Å²) >= 11 is 0. The van der Waals surface area contributed by atoms with Crippen LogP contribution in [-0.4, -0.2) is 78.3 Å². The third-order valence-corrected chi connectivity index (χ3v) is 11.2. The molecule has 3 aromatic carbocycles. The number of sulfonamides is 1. The lowest BCUT2D eigenvalue weighted by molar-refractivity contribution is -0.127. The molecule has 0 aliphatic carbocycles. The number of ether oxygens (including phenoxy) is 4. The van der Waals surface area contributed by atoms with E-state index in [0.29, 0.717) is 54.6 Å². The minimum Gasteiger partial charge on any atom is -0.497 e. The van der Waals surface area contributed by atoms with Gasteiger partial charge in [-0.15, -0.1) is 0 Å². The lowest BCUT2D eigenvalue weighted by Gasteiger charge is -2.46. The van der Waals surface area contributed by atoms with Gasteiger partial charge in [0.15, 0.2) is 5.54 Å². The quantitative estimate of drug-likeness (QED) is 0.201. The number of nitrogens with zero attached hydrogens (tertiary/aromatic N) is 5. The highest BCUT2D eigenvalue weighted by Gasteiger charge is 2.61. The number of amides is 1. The van der Waals surface area contributed by atoms with E-state index in [1.807, 2.05) is 17.9 Å². The SMILES string of the molecule is CCOc1cc(OC)ccc1C1(N2CCN(c3ccnc(C(C)C)c3)CC2)C(=O)N(S(=O)(=O)c2ccc(OC)cc2OC)c2ccc(C#N)cc21. The zero-order chi connectivity index (χ0) is 36.5. The van der Waals surface area contributed by atoms with Crippen molar-refractivity contribution >= 4 is 27.3 Å². The molecule has 0 bridgehead atoms. The number of fused-ring (bicyclic) bond motifs is 1. The van der Waals surface area contributed by atoms with E-state index in [9.17, 15) is 13.7 Å². The molecule has 1 atom stereocenters. The molecule has 266 valence electrons. The number of hydrogen-bond acceptors (Lipinski definition) is 11. The van der Waals surface area contributed by atoms with Gasteiger partial charge in [-0.1, -0.05) is 13.8 Å². The Labute approximate surface area is 298 Å². The van der Waals surface area contributed by atoms with Crippen LogP contribution in [0.2, 0.25) is 0 Å². The van der Waals surface area contributed by atoms with Crippen LogP contribution in [0.4, 0.5) is 11.4 Å². The molecule has 1 unspecified atom stereocenters. The van der Waals surface area contributed by atoms with E-state index in [2.05, 4.69) is 35.9 Å². The average molecular weight is 712 g/mol. The Balaban J connectivity index is 1.57. The number of aromatic nitrogens is 1. The minimum absolute atomic E-state index is 0.0148. The van der Waals surface area contributed by atoms with E-state index in [1.165, 1.54) is 51.7 Å². The van der Waals surface area contributed by atoms with Crippen LogP contribution >= 0.6 is 0 Å². The van der Waals surface area contributed by atoms with E-state index >= 15 is 4.79 Å². The van der Waals surface area contributed by atoms with Crippen molar-refractivity contribution in [3.05, 3.63) is 95.3 Å². The summed E-state index contributed by atoms with van der Waals surface area (Å²) in [7, 11) is -0.242. The second-order valence-electron chi connectivity index (χ2n) is 12.5. The monoisotopic (exact) mass is 711 g/mol. The highest BCUT2D eigenvalue weighted by atomic mass is 32.2. The van der Waals surface area contributed by atoms with Crippen LogP contribution in [0.5, 0.6) is 23.0 Å². The Kier molecular flexibility index (Phi) is 9.83. The molecule has 3 heterocycles. The van der Waals surface area contributed by atoms with Crippen molar-refractivity contribution < 1.29 is 32.2 Å². The fourth-order valence-corrected chi connectivity index (χ4v) is 8.56. The molecule has 4 aromatic rings. The van der Waals surface area contributed by atoms with Gasteiger partial charge >= 0.3 is 0 Å². The van der Waals surface area contributed by atoms with Crippen LogP contribution in [-0.2, 0) is 20.4 Å². The van der Waals surface area contributed by atoms with E-state index in [4.69, 9.17) is 18.9 Å². The lowest BCUT2D eigenvalue weighted by atomic mass is 9.80. The number of hydrogen-bond donors (Lipinski definition) is 0. The third-order valence-electron chi connectivity index (χ3n) is 9.47. The molecule has 1 saturated heterocycles. The zero-order valence-corrected chi connectivity index (χ0v) is 30.4. The van der Waals surface area contributed by atoms with Crippen molar-refractivity contribution in [2.75, 3.05) is 63.3 Å². The Morgan fingerprint density at radius 3 is 2.18 bits per heavy atom. The van der Waals surface area contributed by atoms with Crippen molar-refractivity contribution in [1.29, 1.82) is 5.26 Å². The molecule has 6 rings (SSSR count). The first-order valence-corrected chi connectivity index (χ1v) is 18.1. The number of piperazine rings is 1. The van der Waals surface area contributed by atoms with Gasteiger partial charge in [0.1, 0.15) is 27.9 Å². The van der Waals surface area contributed by atoms with Gasteiger partial charge in [-0.25, -0.2) is 12.7 Å². The molecule has 1 fully saturated rings. The first-order chi connectivity index (χ1) is 24.5. The molecule has 0 saturated carbocycles. The van der Waals surface area contributed by atoms with Crippen molar-refractivity contribution in [3.63, 3.8) is 0 Å². The van der Waals surface area contributed by atoms with Crippen molar-refractivity contribution in [2.45, 2.75) is 37.1 Å². The Bertz CT molecular complexity index is 2110. The van der Waals surface area contributed by atoms with Gasteiger partial charge in [-0.2, -0.15) is 5.26 Å². The Morgan fingerprint density at radius 2 is 1.55 bits per heavy atom. The normalized spacial score (nSPS) is 17.6. The number of anilines is 2. The molecule has 0 spiro atoms. The fourth-order valence-electron chi connectivity index (χ4n) is 6.96. The number of carbonyl (C=O) groups is 1. The van der Waals surface area contributed by atoms with Crippen molar-refractivity contribution in [3.8, 4) is 29.1 Å². The van der Waals surface area contributed by atoms with Gasteiger partial charge in [0.25, 0.3) is 15.9 Å². The number of pyridine rings is 1. The summed E-state index contributed by atoms with van der Waals surface area (Å²) in [6.07, 6.45) is 1.81. The second kappa shape index (κ2) is 14.1. The number of benzene rings is 3. The van der Waals surface area contributed by atoms with Crippen molar-refractivity contribution in [2.24, 2.45) is 0 Å². The van der Waals surface area contributed by atoms with E-state index in [-0.39, 0.29) is 34.4 Å². The molecular weight excluding hydrogens is 671 g/mol. The summed E-state index contributed by atoms with van der Waals surface area (Å²) in [6, 6.07) is 20.4. The van der Waals surface area contributed by atoms with Gasteiger partial charge in [-0.05, 0) is 67.4 Å². The second-order valence-corrected chi connectivity index (χ2v) is 14.3. The topological polar surface area (TPSA) is 135 Å². The Hall–Kier alpha value is -5.32. The molecule has 2 aliphatic heterocycles. The van der Waals surface area contributed by atoms with Crippen LogP contribution < -0.4 is 28.2 Å². The zero-order valence-electron chi connectivity index (χ0n) is 29.5. The van der Waals surface area contributed by atoms with Gasteiger partial charge in [0.2, 0.25) is 0 Å². The van der Waals surface area contributed by atoms with Gasteiger partial charge in [-0.3, -0.25) is 14.7 Å². The molecule has 1 aromatic heterocycles. The van der Waals surface area contributed by atoms with E-state index < -0.39 is 21.5 Å². The molecule has 13 heteroatoms. The first-order valence-electron chi connectivity index (χ1n) is 16.7. The lowest BCUT2D eigenvalue weighted by Crippen LogP contribution is -2.60. The maximum Gasteiger partial charge on any atom is 0.274 e. The third kappa shape index (κ3) is 5.98. The van der Waals surface area contributed by atoms with Gasteiger partial charge < -0.3 is 23.8 Å². The van der Waals surface area contributed by atoms with Crippen LogP contribution in [0.1, 0.15) is 49.1 Å². The van der Waals surface area contributed by atoms with E-state index in [1.54, 1.807) is 30.5 Å². The Morgan fingerprint density at radius 1 is 0.863 bits per heavy atom. The first kappa shape index (κ1) is 35.5. The summed E-state index contributed by atoms with van der Waals surface area (Å²) in [6.45, 7) is 8.11. The molecule has 1 amide bonds. The van der Waals surface area contributed by atoms with Gasteiger partial charge in [0.05, 0.1) is 45.3 Å². The molecule has 51 heavy (non-hydrogen) atoms. The average Bonchev–Trinajstić information content (AvgIpc) is 3.42. The maximum absolute atomic E-state index is 15.6. The molecule has 12 nitrogen and oxygen atoms in total. The standard InChI is InChI=1S/C38H41N5O7S/c1-7-50-34-22-28(47-4)9-11-30(34)38(42-18-16-41(17-19-42)27-14-15-40-32(21-27)25(2)3)31-20-26(24-39)8-12-33(31)43(37(38)44)51(45,46)36-13-10-29(48-5)23-35(36)49-6/h8-15,20-23,25H,7,16-19H2,1-6H3. The predicted molar refractivity (Wildman–Crippen MR) is 192 cm³/mol. The summed E-state index contributed by atoms with van der Waals surface area (Å²) in [5, 5.41) is 10.1. The highest BCUT2D eigenvalue weighted by Crippen LogP contribution is 2.54. The van der Waals surface area contributed by atoms with Crippen LogP contribution in [0.15, 0.2) is 77.8 Å². The number of methoxy groups -OCH3 is 3. The minimum atomic E-state index is -4.60. The smallest absolute Gasteiger partial charge is 0.274 e. The van der Waals surface area contributed by atoms with Crippen LogP contribution in [0.3, 0.4) is 0 Å². The largest absolute Gasteiger partial charge is 0.497 e. The number of rotatable bonds is 11. The molecule has 2 aliphatic rings. The summed E-state index contributed by atoms with van der Waals surface area (Å²) in [5.74, 6) is 0.791. The van der Waals surface area contributed by atoms with Crippen LogP contribution in [0, 0.1) is 11.3 Å². The summed E-state index contributed by atoms with van der Waals surface area (Å²) in [5.41, 5.74) is 1.48. The summed E-state index contributed by atoms with van der Waals surface area (Å²) < 4.78 is 53.0. The molecular formula is C38H41N5O7S. The number of nitriles is 1. The highest BCUT2D eigenvalue weighted by molar-refractivity contribution is 7.93. The van der Waals surface area contributed by atoms with Crippen LogP contribution in [0.25, 0.3) is 0 Å². The van der Waals surface area contributed by atoms with Gasteiger partial charge in [0, 0.05) is 67.0 Å². The summed E-state index contributed by atoms with van der Waals surface area (Å²) in [4.78, 5) is 24.1. The number of carbonyl (C=O) groups excluding carboxylic acids is 1. The predicted octanol–water partition coefficient (Wildman–Crippen LogP) is 5.30. The molecule has 0 radical (unpaired) electrons. The fraction of sp³-hybridized carbons (Fsp3) is 0.342. The van der Waals surface area contributed by atoms with Crippen molar-refractivity contribution in [1.82, 2.24) is 9.88 Å².